The molecule has 2 heterocycles. The van der Waals surface area contributed by atoms with Gasteiger partial charge < -0.3 is 9.64 Å². The number of ether oxygens (including phenoxy) is 1. The number of rotatable bonds is 1. The van der Waals surface area contributed by atoms with Gasteiger partial charge in [-0.05, 0) is 43.0 Å². The zero-order valence-electron chi connectivity index (χ0n) is 10.9. The Balaban J connectivity index is 2.02. The molecule has 1 aromatic carbocycles. The van der Waals surface area contributed by atoms with Crippen LogP contribution in [-0.2, 0) is 0 Å². The van der Waals surface area contributed by atoms with Crippen LogP contribution in [-0.4, -0.2) is 18.6 Å². The molecule has 0 radical (unpaired) electrons. The van der Waals surface area contributed by atoms with Crippen LogP contribution in [0.3, 0.4) is 0 Å². The summed E-state index contributed by atoms with van der Waals surface area (Å²) in [5, 5.41) is 1.96. The van der Waals surface area contributed by atoms with Crippen molar-refractivity contribution in [3.63, 3.8) is 0 Å². The molecule has 1 aromatic heterocycles. The molecule has 1 amide bonds. The molecule has 1 unspecified atom stereocenters. The lowest BCUT2D eigenvalue weighted by atomic mass is 10.1. The topological polar surface area (TPSA) is 29.5 Å². The molecule has 0 saturated heterocycles. The van der Waals surface area contributed by atoms with Gasteiger partial charge in [0.1, 0.15) is 11.9 Å². The second-order valence-corrected chi connectivity index (χ2v) is 5.66. The van der Waals surface area contributed by atoms with Crippen LogP contribution in [0.15, 0.2) is 35.7 Å². The Bertz CT molecular complexity index is 620. The second-order valence-electron chi connectivity index (χ2n) is 4.74. The van der Waals surface area contributed by atoms with Crippen LogP contribution in [0.1, 0.15) is 22.2 Å². The summed E-state index contributed by atoms with van der Waals surface area (Å²) < 4.78 is 5.77. The number of carbonyl (C=O) groups is 1. The smallest absolute Gasteiger partial charge is 0.268 e. The van der Waals surface area contributed by atoms with Crippen molar-refractivity contribution in [2.24, 2.45) is 0 Å². The summed E-state index contributed by atoms with van der Waals surface area (Å²) in [5.41, 5.74) is 1.89. The maximum atomic E-state index is 12.7. The number of fused-ring (bicyclic) bond motifs is 1. The molecular weight excluding hydrogens is 258 g/mol. The van der Waals surface area contributed by atoms with Crippen LogP contribution in [0, 0.1) is 6.92 Å². The molecule has 3 rings (SSSR count). The molecule has 2 aromatic rings. The maximum absolute atomic E-state index is 12.7. The van der Waals surface area contributed by atoms with E-state index in [9.17, 15) is 4.79 Å². The number of amides is 1. The van der Waals surface area contributed by atoms with Crippen molar-refractivity contribution in [1.29, 1.82) is 0 Å². The summed E-state index contributed by atoms with van der Waals surface area (Å²) in [4.78, 5) is 15.3. The molecule has 0 aliphatic carbocycles. The summed E-state index contributed by atoms with van der Waals surface area (Å²) in [6, 6.07) is 9.68. The second kappa shape index (κ2) is 4.70. The average Bonchev–Trinajstić information content (AvgIpc) is 2.83. The molecule has 0 bridgehead atoms. The van der Waals surface area contributed by atoms with Gasteiger partial charge in [0.25, 0.3) is 5.91 Å². The largest absolute Gasteiger partial charge is 0.487 e. The van der Waals surface area contributed by atoms with Gasteiger partial charge >= 0.3 is 0 Å². The molecule has 4 heteroatoms. The van der Waals surface area contributed by atoms with Gasteiger partial charge in [-0.3, -0.25) is 4.79 Å². The number of aryl methyl sites for hydroxylation is 1. The summed E-state index contributed by atoms with van der Waals surface area (Å²) in [6.07, 6.45) is 0.0131. The summed E-state index contributed by atoms with van der Waals surface area (Å²) in [6.45, 7) is 4.55. The van der Waals surface area contributed by atoms with Crippen molar-refractivity contribution in [3.05, 3.63) is 46.2 Å². The third-order valence-corrected chi connectivity index (χ3v) is 4.23. The van der Waals surface area contributed by atoms with Gasteiger partial charge in [0.2, 0.25) is 0 Å². The lowest BCUT2D eigenvalue weighted by Crippen LogP contribution is -2.42. The Hall–Kier alpha value is -1.81. The van der Waals surface area contributed by atoms with E-state index in [0.29, 0.717) is 6.54 Å². The molecule has 3 nitrogen and oxygen atoms in total. The van der Waals surface area contributed by atoms with E-state index in [1.54, 1.807) is 0 Å². The van der Waals surface area contributed by atoms with Crippen LogP contribution in [0.25, 0.3) is 0 Å². The Labute approximate surface area is 116 Å². The van der Waals surface area contributed by atoms with Crippen molar-refractivity contribution in [1.82, 2.24) is 0 Å². The predicted molar refractivity (Wildman–Crippen MR) is 77.3 cm³/mol. The molecule has 1 aliphatic rings. The van der Waals surface area contributed by atoms with E-state index in [0.717, 1.165) is 21.9 Å². The van der Waals surface area contributed by atoms with Crippen LogP contribution >= 0.6 is 11.3 Å². The number of thiophene rings is 1. The highest BCUT2D eigenvalue weighted by Crippen LogP contribution is 2.34. The van der Waals surface area contributed by atoms with E-state index >= 15 is 0 Å². The first-order valence-electron chi connectivity index (χ1n) is 6.28. The molecule has 0 N–H and O–H groups in total. The Kier molecular flexibility index (Phi) is 3.03. The van der Waals surface area contributed by atoms with Crippen molar-refractivity contribution >= 4 is 22.9 Å². The summed E-state index contributed by atoms with van der Waals surface area (Å²) in [5.74, 6) is 0.846. The minimum Gasteiger partial charge on any atom is -0.487 e. The van der Waals surface area contributed by atoms with Crippen molar-refractivity contribution in [2.45, 2.75) is 20.0 Å². The highest BCUT2D eigenvalue weighted by atomic mass is 32.1. The SMILES string of the molecule is Cc1ccsc1C(=O)N1CC(C)Oc2ccccc21. The third kappa shape index (κ3) is 2.12. The monoisotopic (exact) mass is 273 g/mol. The average molecular weight is 273 g/mol. The first-order chi connectivity index (χ1) is 9.16. The summed E-state index contributed by atoms with van der Waals surface area (Å²) in [7, 11) is 0. The molecule has 0 spiro atoms. The van der Waals surface area contributed by atoms with Crippen molar-refractivity contribution < 1.29 is 9.53 Å². The Morgan fingerprint density at radius 3 is 2.89 bits per heavy atom. The number of para-hydroxylation sites is 2. The van der Waals surface area contributed by atoms with Gasteiger partial charge in [0.05, 0.1) is 17.1 Å². The van der Waals surface area contributed by atoms with Gasteiger partial charge in [-0.1, -0.05) is 12.1 Å². The molecule has 0 saturated carbocycles. The highest BCUT2D eigenvalue weighted by molar-refractivity contribution is 7.12. The van der Waals surface area contributed by atoms with E-state index in [1.165, 1.54) is 11.3 Å². The van der Waals surface area contributed by atoms with Crippen molar-refractivity contribution in [2.75, 3.05) is 11.4 Å². The number of benzene rings is 1. The molecule has 98 valence electrons. The Morgan fingerprint density at radius 1 is 1.37 bits per heavy atom. The minimum atomic E-state index is 0.0131. The number of hydrogen-bond donors (Lipinski definition) is 0. The van der Waals surface area contributed by atoms with E-state index in [2.05, 4.69) is 0 Å². The first-order valence-corrected chi connectivity index (χ1v) is 7.16. The van der Waals surface area contributed by atoms with E-state index in [1.807, 2.05) is 54.5 Å². The first kappa shape index (κ1) is 12.2. The Morgan fingerprint density at radius 2 is 2.16 bits per heavy atom. The lowest BCUT2D eigenvalue weighted by molar-refractivity contribution is 0.0964. The van der Waals surface area contributed by atoms with E-state index in [-0.39, 0.29) is 12.0 Å². The molecule has 0 fully saturated rings. The number of carbonyl (C=O) groups excluding carboxylic acids is 1. The maximum Gasteiger partial charge on any atom is 0.268 e. The fourth-order valence-corrected chi connectivity index (χ4v) is 3.17. The van der Waals surface area contributed by atoms with Crippen molar-refractivity contribution in [3.8, 4) is 5.75 Å². The molecular formula is C15H15NO2S. The normalized spacial score (nSPS) is 17.8. The van der Waals surface area contributed by atoms with Gasteiger partial charge in [0, 0.05) is 0 Å². The van der Waals surface area contributed by atoms with Gasteiger partial charge in [-0.25, -0.2) is 0 Å². The van der Waals surface area contributed by atoms with Crippen LogP contribution < -0.4 is 9.64 Å². The quantitative estimate of drug-likeness (QED) is 0.796. The standard InChI is InChI=1S/C15H15NO2S/c1-10-7-8-19-14(10)15(17)16-9-11(2)18-13-6-4-3-5-12(13)16/h3-8,11H,9H2,1-2H3. The van der Waals surface area contributed by atoms with Crippen LogP contribution in [0.5, 0.6) is 5.75 Å². The lowest BCUT2D eigenvalue weighted by Gasteiger charge is -2.33. The number of hydrogen-bond acceptors (Lipinski definition) is 3. The molecule has 1 atom stereocenters. The van der Waals surface area contributed by atoms with Crippen LogP contribution in [0.2, 0.25) is 0 Å². The van der Waals surface area contributed by atoms with E-state index in [4.69, 9.17) is 4.74 Å². The van der Waals surface area contributed by atoms with Gasteiger partial charge in [-0.2, -0.15) is 0 Å². The number of anilines is 1. The predicted octanol–water partition coefficient (Wildman–Crippen LogP) is 3.48. The fourth-order valence-electron chi connectivity index (χ4n) is 2.30. The molecule has 19 heavy (non-hydrogen) atoms. The minimum absolute atomic E-state index is 0.0131. The highest BCUT2D eigenvalue weighted by Gasteiger charge is 2.29. The van der Waals surface area contributed by atoms with Crippen LogP contribution in [0.4, 0.5) is 5.69 Å². The van der Waals surface area contributed by atoms with E-state index < -0.39 is 0 Å². The zero-order valence-corrected chi connectivity index (χ0v) is 11.7. The zero-order chi connectivity index (χ0) is 13.4. The summed E-state index contributed by atoms with van der Waals surface area (Å²) >= 11 is 1.50. The fraction of sp³-hybridized carbons (Fsp3) is 0.267. The third-order valence-electron chi connectivity index (χ3n) is 3.23. The van der Waals surface area contributed by atoms with Gasteiger partial charge in [0.15, 0.2) is 0 Å². The van der Waals surface area contributed by atoms with Gasteiger partial charge in [-0.15, -0.1) is 11.3 Å². The molecule has 1 aliphatic heterocycles. The number of nitrogens with zero attached hydrogens (tertiary/aromatic N) is 1.